The lowest BCUT2D eigenvalue weighted by Gasteiger charge is -2.32. The summed E-state index contributed by atoms with van der Waals surface area (Å²) in [5.74, 6) is 0.655. The van der Waals surface area contributed by atoms with Crippen LogP contribution in [0.4, 0.5) is 0 Å². The van der Waals surface area contributed by atoms with Gasteiger partial charge in [-0.05, 0) is 74.3 Å². The van der Waals surface area contributed by atoms with Crippen LogP contribution < -0.4 is 5.56 Å². The van der Waals surface area contributed by atoms with Gasteiger partial charge >= 0.3 is 0 Å². The minimum atomic E-state index is -0.120. The van der Waals surface area contributed by atoms with Crippen molar-refractivity contribution in [2.45, 2.75) is 57.9 Å². The van der Waals surface area contributed by atoms with Crippen LogP contribution in [0.2, 0.25) is 0 Å². The van der Waals surface area contributed by atoms with E-state index in [1.165, 1.54) is 18.4 Å². The minimum Gasteiger partial charge on any atom is -0.339 e. The molecule has 2 aliphatic rings. The molecule has 1 amide bonds. The minimum absolute atomic E-state index is 0.0792. The fourth-order valence-electron chi connectivity index (χ4n) is 6.01. The van der Waals surface area contributed by atoms with Gasteiger partial charge in [-0.2, -0.15) is 5.10 Å². The summed E-state index contributed by atoms with van der Waals surface area (Å²) in [5, 5.41) is 6.12. The standard InChI is InChI=1S/C28H31N5O2/c1-18-13-25-23(26-24(27(34)31-25)17-30-33(26)21-6-2-3-7-21)15-22(18)28(35)32-11-8-19(9-12-32)14-20-5-4-10-29-16-20/h4-5,10,13,15-17,19,21H,2-3,6-9,11-12,14H2,1H3,(H,31,34). The molecule has 1 aromatic carbocycles. The van der Waals surface area contributed by atoms with E-state index < -0.39 is 0 Å². The second-order valence-corrected chi connectivity index (χ2v) is 10.3. The molecule has 7 heteroatoms. The van der Waals surface area contributed by atoms with E-state index in [4.69, 9.17) is 0 Å². The molecule has 4 heterocycles. The Morgan fingerprint density at radius 1 is 1.09 bits per heavy atom. The normalized spacial score (nSPS) is 17.6. The predicted molar refractivity (Wildman–Crippen MR) is 137 cm³/mol. The molecular weight excluding hydrogens is 438 g/mol. The van der Waals surface area contributed by atoms with Crippen molar-refractivity contribution in [3.63, 3.8) is 0 Å². The highest BCUT2D eigenvalue weighted by molar-refractivity contribution is 6.07. The van der Waals surface area contributed by atoms with Gasteiger partial charge in [0.25, 0.3) is 11.5 Å². The maximum absolute atomic E-state index is 13.6. The molecule has 1 saturated carbocycles. The smallest absolute Gasteiger partial charge is 0.259 e. The summed E-state index contributed by atoms with van der Waals surface area (Å²) >= 11 is 0. The van der Waals surface area contributed by atoms with Crippen LogP contribution in [0.15, 0.2) is 47.7 Å². The van der Waals surface area contributed by atoms with Gasteiger partial charge in [-0.1, -0.05) is 18.9 Å². The first-order valence-electron chi connectivity index (χ1n) is 12.8. The Labute approximate surface area is 204 Å². The van der Waals surface area contributed by atoms with Crippen LogP contribution in [0.1, 0.15) is 66.1 Å². The number of aromatic nitrogens is 4. The molecule has 0 atom stereocenters. The summed E-state index contributed by atoms with van der Waals surface area (Å²) in [5.41, 5.74) is 4.38. The number of amides is 1. The molecule has 0 unspecified atom stereocenters. The highest BCUT2D eigenvalue weighted by Gasteiger charge is 2.26. The van der Waals surface area contributed by atoms with E-state index in [-0.39, 0.29) is 11.5 Å². The first-order chi connectivity index (χ1) is 17.1. The van der Waals surface area contributed by atoms with Crippen molar-refractivity contribution in [2.75, 3.05) is 13.1 Å². The summed E-state index contributed by atoms with van der Waals surface area (Å²) in [4.78, 5) is 35.6. The third kappa shape index (κ3) is 4.03. The van der Waals surface area contributed by atoms with Crippen LogP contribution >= 0.6 is 0 Å². The zero-order valence-corrected chi connectivity index (χ0v) is 20.2. The molecule has 7 nitrogen and oxygen atoms in total. The van der Waals surface area contributed by atoms with Gasteiger partial charge in [0.05, 0.1) is 28.7 Å². The Morgan fingerprint density at radius 3 is 2.63 bits per heavy atom. The Balaban J connectivity index is 1.30. The maximum atomic E-state index is 13.6. The van der Waals surface area contributed by atoms with Crippen LogP contribution in [-0.4, -0.2) is 43.6 Å². The molecular formula is C28H31N5O2. The van der Waals surface area contributed by atoms with Crippen molar-refractivity contribution in [2.24, 2.45) is 5.92 Å². The van der Waals surface area contributed by atoms with E-state index in [0.717, 1.165) is 72.7 Å². The molecule has 35 heavy (non-hydrogen) atoms. The molecule has 1 N–H and O–H groups in total. The van der Waals surface area contributed by atoms with Gasteiger partial charge in [-0.15, -0.1) is 0 Å². The highest BCUT2D eigenvalue weighted by Crippen LogP contribution is 2.34. The zero-order chi connectivity index (χ0) is 23.9. The number of piperidine rings is 1. The van der Waals surface area contributed by atoms with Gasteiger partial charge in [-0.25, -0.2) is 0 Å². The summed E-state index contributed by atoms with van der Waals surface area (Å²) < 4.78 is 2.04. The Hall–Kier alpha value is -3.48. The third-order valence-corrected chi connectivity index (χ3v) is 7.96. The number of hydrogen-bond donors (Lipinski definition) is 1. The van der Waals surface area contributed by atoms with E-state index in [1.807, 2.05) is 40.9 Å². The molecule has 0 bridgehead atoms. The van der Waals surface area contributed by atoms with Gasteiger partial charge in [0, 0.05) is 36.4 Å². The maximum Gasteiger partial charge on any atom is 0.259 e. The number of fused-ring (bicyclic) bond motifs is 3. The van der Waals surface area contributed by atoms with Crippen molar-refractivity contribution in [1.82, 2.24) is 24.6 Å². The molecule has 0 radical (unpaired) electrons. The van der Waals surface area contributed by atoms with Crippen LogP contribution in [0.5, 0.6) is 0 Å². The van der Waals surface area contributed by atoms with Gasteiger partial charge in [0.2, 0.25) is 0 Å². The van der Waals surface area contributed by atoms with Gasteiger partial charge in [-0.3, -0.25) is 19.3 Å². The predicted octanol–water partition coefficient (Wildman–Crippen LogP) is 4.79. The molecule has 180 valence electrons. The molecule has 1 aliphatic heterocycles. The van der Waals surface area contributed by atoms with E-state index in [9.17, 15) is 9.59 Å². The topological polar surface area (TPSA) is 83.9 Å². The van der Waals surface area contributed by atoms with Crippen LogP contribution in [0.3, 0.4) is 0 Å². The Kier molecular flexibility index (Phi) is 5.63. The van der Waals surface area contributed by atoms with Crippen LogP contribution in [0, 0.1) is 12.8 Å². The number of H-pyrrole nitrogens is 1. The van der Waals surface area contributed by atoms with Crippen molar-refractivity contribution in [1.29, 1.82) is 0 Å². The Morgan fingerprint density at radius 2 is 1.89 bits per heavy atom. The van der Waals surface area contributed by atoms with E-state index in [2.05, 4.69) is 21.1 Å². The van der Waals surface area contributed by atoms with Crippen molar-refractivity contribution in [3.8, 4) is 0 Å². The lowest BCUT2D eigenvalue weighted by molar-refractivity contribution is 0.0690. The quantitative estimate of drug-likeness (QED) is 0.466. The number of pyridine rings is 2. The Bertz CT molecular complexity index is 1440. The molecule has 3 aromatic heterocycles. The number of nitrogens with zero attached hydrogens (tertiary/aromatic N) is 4. The highest BCUT2D eigenvalue weighted by atomic mass is 16.2. The largest absolute Gasteiger partial charge is 0.339 e. The first kappa shape index (κ1) is 22.0. The molecule has 2 fully saturated rings. The van der Waals surface area contributed by atoms with Crippen LogP contribution in [-0.2, 0) is 6.42 Å². The fourth-order valence-corrected chi connectivity index (χ4v) is 6.01. The molecule has 1 aliphatic carbocycles. The summed E-state index contributed by atoms with van der Waals surface area (Å²) in [6.07, 6.45) is 13.0. The molecule has 6 rings (SSSR count). The number of nitrogens with one attached hydrogen (secondary N) is 1. The van der Waals surface area contributed by atoms with E-state index in [0.29, 0.717) is 17.3 Å². The van der Waals surface area contributed by atoms with Gasteiger partial charge in [0.1, 0.15) is 0 Å². The summed E-state index contributed by atoms with van der Waals surface area (Å²) in [7, 11) is 0. The van der Waals surface area contributed by atoms with Crippen molar-refractivity contribution in [3.05, 3.63) is 69.9 Å². The van der Waals surface area contributed by atoms with Crippen molar-refractivity contribution < 1.29 is 4.79 Å². The second kappa shape index (κ2) is 8.95. The van der Waals surface area contributed by atoms with Gasteiger partial charge in [0.15, 0.2) is 0 Å². The number of likely N-dealkylation sites (tertiary alicyclic amines) is 1. The average molecular weight is 470 g/mol. The summed E-state index contributed by atoms with van der Waals surface area (Å²) in [6.45, 7) is 3.49. The molecule has 1 saturated heterocycles. The van der Waals surface area contributed by atoms with Crippen molar-refractivity contribution >= 4 is 27.7 Å². The number of aromatic amines is 1. The third-order valence-electron chi connectivity index (χ3n) is 7.96. The van der Waals surface area contributed by atoms with E-state index in [1.54, 1.807) is 12.4 Å². The number of aryl methyl sites for hydroxylation is 1. The zero-order valence-electron chi connectivity index (χ0n) is 20.2. The lowest BCUT2D eigenvalue weighted by Crippen LogP contribution is -2.39. The van der Waals surface area contributed by atoms with E-state index >= 15 is 0 Å². The second-order valence-electron chi connectivity index (χ2n) is 10.3. The number of carbonyl (C=O) groups is 1. The average Bonchev–Trinajstić information content (AvgIpc) is 3.55. The monoisotopic (exact) mass is 469 g/mol. The number of rotatable bonds is 4. The fraction of sp³-hybridized carbons (Fsp3) is 0.429. The lowest BCUT2D eigenvalue weighted by atomic mass is 9.90. The molecule has 4 aromatic rings. The van der Waals surface area contributed by atoms with Gasteiger partial charge < -0.3 is 9.88 Å². The molecule has 0 spiro atoms. The number of hydrogen-bond acceptors (Lipinski definition) is 4. The summed E-state index contributed by atoms with van der Waals surface area (Å²) in [6, 6.07) is 8.37. The van der Waals surface area contributed by atoms with Crippen LogP contribution in [0.25, 0.3) is 21.8 Å². The first-order valence-corrected chi connectivity index (χ1v) is 12.8. The SMILES string of the molecule is Cc1cc2[nH]c(=O)c3cnn(C4CCCC4)c3c2cc1C(=O)N1CCC(Cc2cccnc2)CC1. The number of benzene rings is 1. The number of carbonyl (C=O) groups excluding carboxylic acids is 1.